The van der Waals surface area contributed by atoms with Crippen molar-refractivity contribution < 1.29 is 63.4 Å². The predicted molar refractivity (Wildman–Crippen MR) is 160 cm³/mol. The van der Waals surface area contributed by atoms with E-state index in [4.69, 9.17) is 19.3 Å². The molecule has 256 valence electrons. The summed E-state index contributed by atoms with van der Waals surface area (Å²) >= 11 is 0. The molecule has 0 radical (unpaired) electrons. The van der Waals surface area contributed by atoms with E-state index in [0.717, 1.165) is 12.5 Å². The third-order valence-electron chi connectivity index (χ3n) is 9.50. The van der Waals surface area contributed by atoms with Gasteiger partial charge in [-0.25, -0.2) is 4.79 Å². The van der Waals surface area contributed by atoms with E-state index in [-0.39, 0.29) is 29.7 Å². The molecule has 1 saturated heterocycles. The summed E-state index contributed by atoms with van der Waals surface area (Å²) in [5.41, 5.74) is -1.05. The van der Waals surface area contributed by atoms with Crippen LogP contribution in [0.4, 0.5) is 0 Å². The van der Waals surface area contributed by atoms with Crippen molar-refractivity contribution in [1.29, 1.82) is 0 Å². The van der Waals surface area contributed by atoms with Crippen molar-refractivity contribution in [1.82, 2.24) is 10.2 Å². The van der Waals surface area contributed by atoms with Crippen LogP contribution in [0.3, 0.4) is 0 Å². The number of carbonyl (C=O) groups excluding carboxylic acids is 4. The lowest BCUT2D eigenvalue weighted by molar-refractivity contribution is -0.166. The lowest BCUT2D eigenvalue weighted by Crippen LogP contribution is -2.71. The summed E-state index contributed by atoms with van der Waals surface area (Å²) in [6.45, 7) is 6.63. The standard InChI is InChI=1S/C32H40N2O13/c1-15-6-7-21(36)26-25(15)31-10-11-34(5)18(4)32(31,44)9-8-22(27(31)47-26)46-24(39)13-19(12-16(2)35)30(43)45-17(3)28(40)33-20(29(41)42)14-23(37)38/h6-8,17-20,27,36,44H,9-14H2,1-5H3,(H,33,40)(H,37,38)(H,41,42)/t17-,18+,19-,20-,27-,31-,32+/m0/s1. The molecular weight excluding hydrogens is 620 g/mol. The maximum Gasteiger partial charge on any atom is 0.326 e. The zero-order valence-corrected chi connectivity index (χ0v) is 26.8. The smallest absolute Gasteiger partial charge is 0.326 e. The Morgan fingerprint density at radius 1 is 1.13 bits per heavy atom. The highest BCUT2D eigenvalue weighted by atomic mass is 16.6. The summed E-state index contributed by atoms with van der Waals surface area (Å²) in [6.07, 6.45) is -2.54. The number of likely N-dealkylation sites (tertiary alicyclic amines) is 1. The first kappa shape index (κ1) is 35.4. The predicted octanol–water partition coefficient (Wildman–Crippen LogP) is 0.947. The summed E-state index contributed by atoms with van der Waals surface area (Å²) in [4.78, 5) is 75.1. The number of aliphatic carboxylic acids is 2. The van der Waals surface area contributed by atoms with E-state index in [0.29, 0.717) is 18.5 Å². The number of hydrogen-bond donors (Lipinski definition) is 5. The van der Waals surface area contributed by atoms with Crippen LogP contribution in [0.25, 0.3) is 0 Å². The van der Waals surface area contributed by atoms with E-state index in [1.54, 1.807) is 12.1 Å². The number of rotatable bonds is 12. The number of phenols is 1. The van der Waals surface area contributed by atoms with Crippen molar-refractivity contribution in [2.75, 3.05) is 13.6 Å². The van der Waals surface area contributed by atoms with Crippen molar-refractivity contribution in [3.63, 3.8) is 0 Å². The second kappa shape index (κ2) is 13.3. The van der Waals surface area contributed by atoms with E-state index < -0.39 is 90.0 Å². The fourth-order valence-corrected chi connectivity index (χ4v) is 6.95. The lowest BCUT2D eigenvalue weighted by Gasteiger charge is -2.58. The highest BCUT2D eigenvalue weighted by Gasteiger charge is 2.69. The van der Waals surface area contributed by atoms with Crippen LogP contribution in [0.2, 0.25) is 0 Å². The molecule has 1 aromatic carbocycles. The van der Waals surface area contributed by atoms with Gasteiger partial charge in [0.2, 0.25) is 0 Å². The molecule has 15 nitrogen and oxygen atoms in total. The number of nitrogens with zero attached hydrogens (tertiary/aromatic N) is 1. The lowest BCUT2D eigenvalue weighted by atomic mass is 9.54. The number of fused-ring (bicyclic) bond motifs is 1. The second-order valence-electron chi connectivity index (χ2n) is 12.6. The Balaban J connectivity index is 1.54. The van der Waals surface area contributed by atoms with Gasteiger partial charge in [0.15, 0.2) is 23.7 Å². The highest BCUT2D eigenvalue weighted by molar-refractivity contribution is 5.91. The van der Waals surface area contributed by atoms with E-state index in [1.165, 1.54) is 13.0 Å². The van der Waals surface area contributed by atoms with E-state index in [1.807, 2.05) is 31.1 Å². The minimum absolute atomic E-state index is 0.0762. The zero-order valence-electron chi connectivity index (χ0n) is 26.8. The summed E-state index contributed by atoms with van der Waals surface area (Å²) in [7, 11) is 1.90. The largest absolute Gasteiger partial charge is 0.504 e. The number of nitrogens with one attached hydrogen (secondary N) is 1. The molecule has 1 aromatic rings. The number of aryl methyl sites for hydroxylation is 1. The number of aromatic hydroxyl groups is 1. The van der Waals surface area contributed by atoms with Gasteiger partial charge >= 0.3 is 23.9 Å². The number of amides is 1. The second-order valence-corrected chi connectivity index (χ2v) is 12.6. The van der Waals surface area contributed by atoms with Crippen LogP contribution in [-0.4, -0.2) is 104 Å². The molecule has 1 spiro atoms. The van der Waals surface area contributed by atoms with Crippen LogP contribution in [0, 0.1) is 12.8 Å². The summed E-state index contributed by atoms with van der Waals surface area (Å²) in [5, 5.41) is 43.1. The Morgan fingerprint density at radius 2 is 1.81 bits per heavy atom. The van der Waals surface area contributed by atoms with Crippen LogP contribution in [0.1, 0.15) is 64.0 Å². The molecule has 0 aromatic heterocycles. The zero-order chi connectivity index (χ0) is 35.0. The third kappa shape index (κ3) is 6.54. The van der Waals surface area contributed by atoms with Crippen LogP contribution in [0.5, 0.6) is 11.5 Å². The number of ether oxygens (including phenoxy) is 3. The number of carboxylic acids is 2. The minimum atomic E-state index is -1.78. The van der Waals surface area contributed by atoms with E-state index in [2.05, 4.69) is 0 Å². The average molecular weight is 661 g/mol. The molecule has 0 unspecified atom stereocenters. The van der Waals surface area contributed by atoms with Crippen LogP contribution in [0.15, 0.2) is 24.0 Å². The van der Waals surface area contributed by atoms with Gasteiger partial charge in [-0.15, -0.1) is 0 Å². The van der Waals surface area contributed by atoms with Gasteiger partial charge in [-0.1, -0.05) is 6.07 Å². The average Bonchev–Trinajstić information content (AvgIpc) is 3.35. The summed E-state index contributed by atoms with van der Waals surface area (Å²) in [6, 6.07) is 1.10. The van der Waals surface area contributed by atoms with Crippen molar-refractivity contribution in [3.05, 3.63) is 35.1 Å². The number of carboxylic acid groups (broad SMARTS) is 2. The first-order valence-electron chi connectivity index (χ1n) is 15.2. The van der Waals surface area contributed by atoms with Gasteiger partial charge in [0.25, 0.3) is 5.91 Å². The van der Waals surface area contributed by atoms with Crippen molar-refractivity contribution in [3.8, 4) is 11.5 Å². The number of Topliss-reactive ketones (excluding diaryl/α,β-unsaturated/α-hetero) is 1. The number of phenolic OH excluding ortho intramolecular Hbond substituents is 1. The Bertz CT molecular complexity index is 1520. The van der Waals surface area contributed by atoms with Crippen LogP contribution >= 0.6 is 0 Å². The molecule has 1 amide bonds. The Hall–Kier alpha value is -4.50. The highest BCUT2D eigenvalue weighted by Crippen LogP contribution is 2.62. The quantitative estimate of drug-likeness (QED) is 0.197. The topological polar surface area (TPSA) is 226 Å². The molecule has 47 heavy (non-hydrogen) atoms. The van der Waals surface area contributed by atoms with Crippen LogP contribution < -0.4 is 10.1 Å². The molecule has 1 aliphatic carbocycles. The number of benzene rings is 1. The number of hydrogen-bond acceptors (Lipinski definition) is 12. The third-order valence-corrected chi connectivity index (χ3v) is 9.50. The van der Waals surface area contributed by atoms with Gasteiger partial charge < -0.3 is 49.6 Å². The molecule has 2 aliphatic heterocycles. The van der Waals surface area contributed by atoms with E-state index >= 15 is 0 Å². The first-order valence-corrected chi connectivity index (χ1v) is 15.2. The summed E-state index contributed by atoms with van der Waals surface area (Å²) in [5.74, 6) is -7.92. The van der Waals surface area contributed by atoms with Crippen molar-refractivity contribution in [2.45, 2.75) is 95.1 Å². The molecule has 7 atom stereocenters. The number of carbonyl (C=O) groups is 6. The SMILES string of the molecule is CC(=O)C[C@@H](CC(=O)OC1=CC[C@@]2(O)[C@@H](C)N(C)CC[C@@]23c2c(C)ccc(O)c2O[C@@H]13)C(=O)O[C@@H](C)C(=O)N[C@@H](CC(=O)O)C(=O)O. The molecule has 15 heteroatoms. The minimum Gasteiger partial charge on any atom is -0.504 e. The van der Waals surface area contributed by atoms with Crippen molar-refractivity contribution >= 4 is 35.6 Å². The fraction of sp³-hybridized carbons (Fsp3) is 0.562. The number of aliphatic hydroxyl groups is 1. The maximum atomic E-state index is 13.3. The van der Waals surface area contributed by atoms with Gasteiger partial charge in [-0.3, -0.25) is 19.2 Å². The molecule has 1 fully saturated rings. The van der Waals surface area contributed by atoms with Gasteiger partial charge in [0.05, 0.1) is 29.8 Å². The van der Waals surface area contributed by atoms with E-state index in [9.17, 15) is 44.1 Å². The molecule has 4 rings (SSSR count). The first-order chi connectivity index (χ1) is 21.9. The molecule has 0 bridgehead atoms. The number of esters is 2. The molecule has 3 aliphatic rings. The number of ketones is 1. The molecular formula is C32H40N2O13. The van der Waals surface area contributed by atoms with Gasteiger partial charge in [-0.2, -0.15) is 0 Å². The Morgan fingerprint density at radius 3 is 2.43 bits per heavy atom. The normalized spacial score (nSPS) is 26.6. The van der Waals surface area contributed by atoms with Gasteiger partial charge in [-0.05, 0) is 65.4 Å². The Labute approximate surface area is 270 Å². The van der Waals surface area contributed by atoms with Gasteiger partial charge in [0, 0.05) is 24.4 Å². The molecule has 2 heterocycles. The monoisotopic (exact) mass is 660 g/mol. The summed E-state index contributed by atoms with van der Waals surface area (Å²) < 4.78 is 17.2. The van der Waals surface area contributed by atoms with Gasteiger partial charge in [0.1, 0.15) is 17.6 Å². The molecule has 5 N–H and O–H groups in total. The van der Waals surface area contributed by atoms with Crippen molar-refractivity contribution in [2.24, 2.45) is 5.92 Å². The van der Waals surface area contributed by atoms with Crippen LogP contribution in [-0.2, 0) is 43.7 Å². The fourth-order valence-electron chi connectivity index (χ4n) is 6.95. The molecule has 0 saturated carbocycles. The Kier molecular flexibility index (Phi) is 10.0. The number of piperidine rings is 1. The maximum absolute atomic E-state index is 13.3. The number of likely N-dealkylation sites (N-methyl/N-ethyl adjacent to an activating group) is 1.